The van der Waals surface area contributed by atoms with Crippen molar-refractivity contribution in [1.82, 2.24) is 0 Å². The van der Waals surface area contributed by atoms with Crippen LogP contribution in [0.4, 0.5) is 0 Å². The predicted molar refractivity (Wildman–Crippen MR) is 83.7 cm³/mol. The first-order valence-corrected chi connectivity index (χ1v) is 10.2. The molecule has 0 bridgehead atoms. The van der Waals surface area contributed by atoms with Crippen molar-refractivity contribution in [3.63, 3.8) is 0 Å². The molecule has 18 heavy (non-hydrogen) atoms. The van der Waals surface area contributed by atoms with Crippen molar-refractivity contribution in [1.29, 1.82) is 0 Å². The van der Waals surface area contributed by atoms with Gasteiger partial charge in [0.15, 0.2) is 0 Å². The summed E-state index contributed by atoms with van der Waals surface area (Å²) < 4.78 is 8.02. The van der Waals surface area contributed by atoms with E-state index in [0.717, 1.165) is 0 Å². The second-order valence-corrected chi connectivity index (χ2v) is 10.1. The van der Waals surface area contributed by atoms with Crippen molar-refractivity contribution in [3.05, 3.63) is 41.5 Å². The molecule has 1 unspecified atom stereocenters. The molecule has 0 aromatic rings. The molecule has 0 N–H and O–H groups in total. The molecule has 0 aliphatic heterocycles. The van der Waals surface area contributed by atoms with Crippen molar-refractivity contribution < 1.29 is 21.3 Å². The van der Waals surface area contributed by atoms with E-state index in [-0.39, 0.29) is 24.8 Å². The van der Waals surface area contributed by atoms with Crippen molar-refractivity contribution in [2.75, 3.05) is 0 Å². The van der Waals surface area contributed by atoms with Crippen LogP contribution in [0.15, 0.2) is 41.5 Å². The molecule has 2 rings (SSSR count). The molecule has 0 radical (unpaired) electrons. The Kier molecular flexibility index (Phi) is 7.29. The van der Waals surface area contributed by atoms with Crippen molar-refractivity contribution in [2.45, 2.75) is 34.1 Å². The van der Waals surface area contributed by atoms with Crippen LogP contribution < -0.4 is 0 Å². The van der Waals surface area contributed by atoms with Crippen LogP contribution in [0.5, 0.6) is 0 Å². The molecule has 3 heteroatoms. The standard InChI is InChI=1S/2C7H9.CH2.2ClH.Zr/c1-6-3-4-7(2)5-6;1-6-4-3-5-7(6)2;;;;/h3-4,6H,1-2H3;4H,3H2,1-2H3;1H2;2*1H;. The Morgan fingerprint density at radius 3 is 2.22 bits per heavy atom. The van der Waals surface area contributed by atoms with Gasteiger partial charge in [-0.1, -0.05) is 0 Å². The number of hydrogen-bond donors (Lipinski definition) is 0. The summed E-state index contributed by atoms with van der Waals surface area (Å²) in [5.74, 6) is 0.646. The molecule has 2 aliphatic carbocycles. The summed E-state index contributed by atoms with van der Waals surface area (Å²) in [4.78, 5) is 0. The van der Waals surface area contributed by atoms with E-state index < -0.39 is 21.3 Å². The van der Waals surface area contributed by atoms with Gasteiger partial charge >= 0.3 is 107 Å². The van der Waals surface area contributed by atoms with Gasteiger partial charge in [0.25, 0.3) is 0 Å². The van der Waals surface area contributed by atoms with Gasteiger partial charge in [-0.2, -0.15) is 0 Å². The van der Waals surface area contributed by atoms with Gasteiger partial charge in [0.1, 0.15) is 0 Å². The van der Waals surface area contributed by atoms with Crippen molar-refractivity contribution in [3.8, 4) is 0 Å². The fourth-order valence-electron chi connectivity index (χ4n) is 2.66. The topological polar surface area (TPSA) is 0 Å². The van der Waals surface area contributed by atoms with Crippen molar-refractivity contribution in [2.24, 2.45) is 5.92 Å². The minimum absolute atomic E-state index is 0. The summed E-state index contributed by atoms with van der Waals surface area (Å²) in [5, 5.41) is 0. The normalized spacial score (nSPS) is 21.8. The molecule has 0 aromatic carbocycles. The molecule has 0 fully saturated rings. The minimum atomic E-state index is -1.74. The molecule has 100 valence electrons. The summed E-state index contributed by atoms with van der Waals surface area (Å²) in [6, 6.07) is 0. The van der Waals surface area contributed by atoms with Crippen LogP contribution in [0, 0.1) is 5.92 Å². The first-order valence-electron chi connectivity index (χ1n) is 5.98. The molecule has 1 atom stereocenters. The average Bonchev–Trinajstić information content (AvgIpc) is 2.73. The third kappa shape index (κ3) is 3.24. The second kappa shape index (κ2) is 7.18. The molecular formula is C15H22Cl2Zr. The molecule has 0 heterocycles. The second-order valence-electron chi connectivity index (χ2n) is 4.92. The zero-order valence-corrected chi connectivity index (χ0v) is 15.6. The van der Waals surface area contributed by atoms with E-state index in [1.165, 1.54) is 17.6 Å². The SMILES string of the molecule is Cl.Cl.[CH2]=[Zr]([C]1=C(C)C(C)=CC1)[C]1=C(C)C=CC1C. The van der Waals surface area contributed by atoms with Gasteiger partial charge in [-0.25, -0.2) is 0 Å². The Morgan fingerprint density at radius 2 is 1.83 bits per heavy atom. The monoisotopic (exact) mass is 362 g/mol. The Balaban J connectivity index is 0.00000144. The molecule has 0 aromatic heterocycles. The quantitative estimate of drug-likeness (QED) is 0.648. The van der Waals surface area contributed by atoms with Gasteiger partial charge in [0, 0.05) is 0 Å². The van der Waals surface area contributed by atoms with Crippen LogP contribution >= 0.6 is 24.8 Å². The molecule has 2 aliphatic rings. The molecular weight excluding hydrogens is 342 g/mol. The van der Waals surface area contributed by atoms with Gasteiger partial charge in [0.05, 0.1) is 0 Å². The van der Waals surface area contributed by atoms with Gasteiger partial charge < -0.3 is 0 Å². The number of halogens is 2. The maximum atomic E-state index is 4.60. The number of rotatable bonds is 2. The fraction of sp³-hybridized carbons (Fsp3) is 0.400. The Labute approximate surface area is 131 Å². The third-order valence-corrected chi connectivity index (χ3v) is 10.8. The van der Waals surface area contributed by atoms with Gasteiger partial charge in [0.2, 0.25) is 0 Å². The van der Waals surface area contributed by atoms with Crippen LogP contribution in [0.25, 0.3) is 0 Å². The Hall–Kier alpha value is 0.293. The molecule has 0 saturated carbocycles. The number of allylic oxidation sites excluding steroid dienone is 8. The van der Waals surface area contributed by atoms with E-state index in [4.69, 9.17) is 0 Å². The van der Waals surface area contributed by atoms with E-state index in [2.05, 4.69) is 50.1 Å². The summed E-state index contributed by atoms with van der Waals surface area (Å²) >= 11 is -1.74. The first kappa shape index (κ1) is 18.3. The maximum absolute atomic E-state index is 4.60. The van der Waals surface area contributed by atoms with Crippen molar-refractivity contribution >= 4 is 29.0 Å². The summed E-state index contributed by atoms with van der Waals surface area (Å²) in [6.45, 7) is 9.09. The van der Waals surface area contributed by atoms with E-state index in [1.54, 1.807) is 12.1 Å². The van der Waals surface area contributed by atoms with E-state index in [9.17, 15) is 0 Å². The van der Waals surface area contributed by atoms with Crippen LogP contribution in [-0.2, 0) is 21.3 Å². The van der Waals surface area contributed by atoms with Crippen LogP contribution in [-0.4, -0.2) is 4.21 Å². The van der Waals surface area contributed by atoms with Crippen LogP contribution in [0.3, 0.4) is 0 Å². The molecule has 0 amide bonds. The van der Waals surface area contributed by atoms with Crippen LogP contribution in [0.2, 0.25) is 0 Å². The fourth-order valence-corrected chi connectivity index (χ4v) is 8.87. The first-order chi connectivity index (χ1) is 7.52. The zero-order valence-electron chi connectivity index (χ0n) is 11.5. The summed E-state index contributed by atoms with van der Waals surface area (Å²) in [7, 11) is 0. The van der Waals surface area contributed by atoms with Gasteiger partial charge in [-0.05, 0) is 0 Å². The summed E-state index contributed by atoms with van der Waals surface area (Å²) in [6.07, 6.45) is 8.18. The van der Waals surface area contributed by atoms with E-state index >= 15 is 0 Å². The predicted octanol–water partition coefficient (Wildman–Crippen LogP) is 4.98. The van der Waals surface area contributed by atoms with Crippen LogP contribution in [0.1, 0.15) is 34.1 Å². The van der Waals surface area contributed by atoms with Gasteiger partial charge in [-0.15, -0.1) is 24.8 Å². The third-order valence-electron chi connectivity index (χ3n) is 3.86. The zero-order chi connectivity index (χ0) is 11.9. The summed E-state index contributed by atoms with van der Waals surface area (Å²) in [5.41, 5.74) is 4.53. The molecule has 0 nitrogen and oxygen atoms in total. The molecule has 0 saturated heterocycles. The van der Waals surface area contributed by atoms with E-state index in [0.29, 0.717) is 5.92 Å². The number of hydrogen-bond acceptors (Lipinski definition) is 0. The average molecular weight is 364 g/mol. The Bertz CT molecular complexity index is 479. The van der Waals surface area contributed by atoms with Gasteiger partial charge in [-0.3, -0.25) is 0 Å². The Morgan fingerprint density at radius 1 is 1.22 bits per heavy atom. The van der Waals surface area contributed by atoms with E-state index in [1.807, 2.05) is 0 Å². The molecule has 0 spiro atoms.